The summed E-state index contributed by atoms with van der Waals surface area (Å²) in [5, 5.41) is 0. The molecule has 0 saturated carbocycles. The van der Waals surface area contributed by atoms with Crippen molar-refractivity contribution >= 4 is 5.91 Å². The molecule has 0 bridgehead atoms. The molecular formula is C15H21N3O2. The van der Waals surface area contributed by atoms with Crippen LogP contribution in [0.15, 0.2) is 18.6 Å². The first kappa shape index (κ1) is 13.5. The van der Waals surface area contributed by atoms with E-state index >= 15 is 0 Å². The van der Waals surface area contributed by atoms with Crippen molar-refractivity contribution in [3.05, 3.63) is 24.3 Å². The second kappa shape index (κ2) is 5.48. The van der Waals surface area contributed by atoms with Crippen LogP contribution in [0.25, 0.3) is 0 Å². The Bertz CT molecular complexity index is 469. The molecule has 1 amide bonds. The maximum Gasteiger partial charge on any atom is 0.274 e. The van der Waals surface area contributed by atoms with Crippen LogP contribution >= 0.6 is 0 Å². The van der Waals surface area contributed by atoms with Crippen LogP contribution in [0.4, 0.5) is 0 Å². The van der Waals surface area contributed by atoms with Gasteiger partial charge in [0.15, 0.2) is 0 Å². The van der Waals surface area contributed by atoms with Gasteiger partial charge in [-0.15, -0.1) is 0 Å². The average Bonchev–Trinajstić information content (AvgIpc) is 2.91. The Labute approximate surface area is 119 Å². The minimum absolute atomic E-state index is 0.0158. The zero-order valence-electron chi connectivity index (χ0n) is 11.9. The number of carbonyl (C=O) groups is 1. The molecule has 0 radical (unpaired) electrons. The van der Waals surface area contributed by atoms with Crippen LogP contribution in [0.1, 0.15) is 43.1 Å². The van der Waals surface area contributed by atoms with Gasteiger partial charge in [0.1, 0.15) is 5.69 Å². The SMILES string of the molecule is CCC1COC2(CCN(C(=O)c3cnccn3)CC2)C1. The molecule has 1 atom stereocenters. The summed E-state index contributed by atoms with van der Waals surface area (Å²) in [5.74, 6) is 0.676. The van der Waals surface area contributed by atoms with Gasteiger partial charge in [0, 0.05) is 25.5 Å². The Balaban J connectivity index is 1.60. The van der Waals surface area contributed by atoms with E-state index in [2.05, 4.69) is 16.9 Å². The fraction of sp³-hybridized carbons (Fsp3) is 0.667. The quantitative estimate of drug-likeness (QED) is 0.827. The van der Waals surface area contributed by atoms with E-state index in [1.807, 2.05) is 4.90 Å². The highest BCUT2D eigenvalue weighted by atomic mass is 16.5. The Morgan fingerprint density at radius 3 is 2.85 bits per heavy atom. The van der Waals surface area contributed by atoms with Gasteiger partial charge < -0.3 is 9.64 Å². The topological polar surface area (TPSA) is 55.3 Å². The zero-order valence-corrected chi connectivity index (χ0v) is 11.9. The number of rotatable bonds is 2. The van der Waals surface area contributed by atoms with E-state index in [1.54, 1.807) is 12.4 Å². The third kappa shape index (κ3) is 2.54. The van der Waals surface area contributed by atoms with E-state index in [1.165, 1.54) is 12.6 Å². The van der Waals surface area contributed by atoms with Crippen molar-refractivity contribution in [2.75, 3.05) is 19.7 Å². The lowest BCUT2D eigenvalue weighted by molar-refractivity contribution is -0.0392. The standard InChI is InChI=1S/C15H21N3O2/c1-2-12-9-15(20-11-12)3-7-18(8-4-15)14(19)13-10-16-5-6-17-13/h5-6,10,12H,2-4,7-9,11H2,1H3. The minimum atomic E-state index is -0.0158. The molecular weight excluding hydrogens is 254 g/mol. The van der Waals surface area contributed by atoms with Gasteiger partial charge in [-0.25, -0.2) is 4.98 Å². The summed E-state index contributed by atoms with van der Waals surface area (Å²) in [7, 11) is 0. The molecule has 1 aromatic rings. The first-order valence-corrected chi connectivity index (χ1v) is 7.42. The van der Waals surface area contributed by atoms with Crippen molar-refractivity contribution in [1.82, 2.24) is 14.9 Å². The summed E-state index contributed by atoms with van der Waals surface area (Å²) in [6.45, 7) is 4.62. The molecule has 0 aromatic carbocycles. The van der Waals surface area contributed by atoms with E-state index in [4.69, 9.17) is 4.74 Å². The van der Waals surface area contributed by atoms with Crippen LogP contribution in [0.3, 0.4) is 0 Å². The average molecular weight is 275 g/mol. The summed E-state index contributed by atoms with van der Waals surface area (Å²) >= 11 is 0. The molecule has 2 fully saturated rings. The lowest BCUT2D eigenvalue weighted by atomic mass is 9.84. The van der Waals surface area contributed by atoms with Crippen LogP contribution in [0, 0.1) is 5.92 Å². The van der Waals surface area contributed by atoms with Gasteiger partial charge in [-0.1, -0.05) is 13.3 Å². The number of hydrogen-bond donors (Lipinski definition) is 0. The second-order valence-electron chi connectivity index (χ2n) is 5.86. The van der Waals surface area contributed by atoms with Crippen LogP contribution in [-0.2, 0) is 4.74 Å². The van der Waals surface area contributed by atoms with Crippen molar-refractivity contribution in [3.8, 4) is 0 Å². The largest absolute Gasteiger partial charge is 0.375 e. The maximum absolute atomic E-state index is 12.3. The van der Waals surface area contributed by atoms with Gasteiger partial charge in [-0.3, -0.25) is 9.78 Å². The monoisotopic (exact) mass is 275 g/mol. The Kier molecular flexibility index (Phi) is 3.70. The molecule has 0 aliphatic carbocycles. The minimum Gasteiger partial charge on any atom is -0.375 e. The Hall–Kier alpha value is -1.49. The lowest BCUT2D eigenvalue weighted by Gasteiger charge is -2.38. The lowest BCUT2D eigenvalue weighted by Crippen LogP contribution is -2.46. The fourth-order valence-electron chi connectivity index (χ4n) is 3.24. The van der Waals surface area contributed by atoms with Crippen molar-refractivity contribution in [2.45, 2.75) is 38.2 Å². The van der Waals surface area contributed by atoms with Gasteiger partial charge >= 0.3 is 0 Å². The molecule has 108 valence electrons. The molecule has 2 saturated heterocycles. The molecule has 5 heteroatoms. The summed E-state index contributed by atoms with van der Waals surface area (Å²) in [6.07, 6.45) is 8.89. The predicted octanol–water partition coefficient (Wildman–Crippen LogP) is 1.90. The number of likely N-dealkylation sites (tertiary alicyclic amines) is 1. The second-order valence-corrected chi connectivity index (χ2v) is 5.86. The van der Waals surface area contributed by atoms with E-state index in [9.17, 15) is 4.79 Å². The summed E-state index contributed by atoms with van der Waals surface area (Å²) < 4.78 is 6.05. The Morgan fingerprint density at radius 2 is 2.25 bits per heavy atom. The molecule has 3 rings (SSSR count). The van der Waals surface area contributed by atoms with Gasteiger partial charge in [0.05, 0.1) is 18.4 Å². The van der Waals surface area contributed by atoms with Crippen LogP contribution in [0.5, 0.6) is 0 Å². The van der Waals surface area contributed by atoms with E-state index in [0.717, 1.165) is 39.0 Å². The number of aromatic nitrogens is 2. The van der Waals surface area contributed by atoms with Crippen LogP contribution < -0.4 is 0 Å². The molecule has 1 aromatic heterocycles. The molecule has 2 aliphatic heterocycles. The first-order valence-electron chi connectivity index (χ1n) is 7.42. The van der Waals surface area contributed by atoms with Crippen LogP contribution in [0.2, 0.25) is 0 Å². The summed E-state index contributed by atoms with van der Waals surface area (Å²) in [6, 6.07) is 0. The number of carbonyl (C=O) groups excluding carboxylic acids is 1. The maximum atomic E-state index is 12.3. The highest BCUT2D eigenvalue weighted by Crippen LogP contribution is 2.39. The number of ether oxygens (including phenoxy) is 1. The summed E-state index contributed by atoms with van der Waals surface area (Å²) in [4.78, 5) is 22.2. The highest BCUT2D eigenvalue weighted by molar-refractivity contribution is 5.92. The molecule has 1 unspecified atom stereocenters. The first-order chi connectivity index (χ1) is 9.72. The predicted molar refractivity (Wildman–Crippen MR) is 74.3 cm³/mol. The number of piperidine rings is 1. The van der Waals surface area contributed by atoms with E-state index < -0.39 is 0 Å². The van der Waals surface area contributed by atoms with Crippen molar-refractivity contribution in [2.24, 2.45) is 5.92 Å². The Morgan fingerprint density at radius 1 is 1.45 bits per heavy atom. The van der Waals surface area contributed by atoms with Gasteiger partial charge in [-0.05, 0) is 25.2 Å². The molecule has 2 aliphatic rings. The van der Waals surface area contributed by atoms with E-state index in [0.29, 0.717) is 11.6 Å². The summed E-state index contributed by atoms with van der Waals surface area (Å²) in [5.41, 5.74) is 0.460. The van der Waals surface area contributed by atoms with Crippen LogP contribution in [-0.4, -0.2) is 46.1 Å². The zero-order chi connectivity index (χ0) is 14.0. The molecule has 0 N–H and O–H groups in total. The van der Waals surface area contributed by atoms with Crippen molar-refractivity contribution < 1.29 is 9.53 Å². The van der Waals surface area contributed by atoms with E-state index in [-0.39, 0.29) is 11.5 Å². The molecule has 5 nitrogen and oxygen atoms in total. The molecule has 20 heavy (non-hydrogen) atoms. The number of amides is 1. The normalized spacial score (nSPS) is 25.1. The molecule has 3 heterocycles. The fourth-order valence-corrected chi connectivity index (χ4v) is 3.24. The third-order valence-electron chi connectivity index (χ3n) is 4.61. The van der Waals surface area contributed by atoms with Crippen molar-refractivity contribution in [1.29, 1.82) is 0 Å². The number of hydrogen-bond acceptors (Lipinski definition) is 4. The third-order valence-corrected chi connectivity index (χ3v) is 4.61. The van der Waals surface area contributed by atoms with Gasteiger partial charge in [0.2, 0.25) is 0 Å². The highest BCUT2D eigenvalue weighted by Gasteiger charge is 2.42. The van der Waals surface area contributed by atoms with Gasteiger partial charge in [0.25, 0.3) is 5.91 Å². The number of nitrogens with zero attached hydrogens (tertiary/aromatic N) is 3. The molecule has 1 spiro atoms. The van der Waals surface area contributed by atoms with Crippen molar-refractivity contribution in [3.63, 3.8) is 0 Å². The smallest absolute Gasteiger partial charge is 0.274 e. The van der Waals surface area contributed by atoms with Gasteiger partial charge in [-0.2, -0.15) is 0 Å².